The van der Waals surface area contributed by atoms with Crippen molar-refractivity contribution < 1.29 is 14.4 Å². The van der Waals surface area contributed by atoms with Crippen LogP contribution in [0.4, 0.5) is 0 Å². The molecule has 1 aromatic rings. The molecule has 1 heterocycles. The molecule has 70 valence electrons. The predicted molar refractivity (Wildman–Crippen MR) is 44.2 cm³/mol. The van der Waals surface area contributed by atoms with Gasteiger partial charge in [0.15, 0.2) is 0 Å². The molecule has 0 saturated heterocycles. The highest BCUT2D eigenvalue weighted by Crippen LogP contribution is 2.48. The van der Waals surface area contributed by atoms with Crippen LogP contribution in [0.1, 0.15) is 24.3 Å². The first-order valence-corrected chi connectivity index (χ1v) is 4.28. The standard InChI is InChI=1S/C9H11NO3/c1-6-4-7(10-13-6)5-9(2-3-9)8(11)12/h4H,2-3,5H2,1H3,(H,11,12). The van der Waals surface area contributed by atoms with Gasteiger partial charge in [-0.3, -0.25) is 4.79 Å². The van der Waals surface area contributed by atoms with Gasteiger partial charge < -0.3 is 9.63 Å². The van der Waals surface area contributed by atoms with E-state index in [0.29, 0.717) is 6.42 Å². The van der Waals surface area contributed by atoms with Crippen LogP contribution >= 0.6 is 0 Å². The molecule has 1 aromatic heterocycles. The molecular weight excluding hydrogens is 170 g/mol. The fraction of sp³-hybridized carbons (Fsp3) is 0.556. The molecule has 0 spiro atoms. The summed E-state index contributed by atoms with van der Waals surface area (Å²) in [6.07, 6.45) is 2.02. The van der Waals surface area contributed by atoms with Gasteiger partial charge in [-0.25, -0.2) is 0 Å². The van der Waals surface area contributed by atoms with Crippen molar-refractivity contribution >= 4 is 5.97 Å². The van der Waals surface area contributed by atoms with E-state index in [1.165, 1.54) is 0 Å². The van der Waals surface area contributed by atoms with Crippen molar-refractivity contribution in [3.63, 3.8) is 0 Å². The second-order valence-electron chi connectivity index (χ2n) is 3.69. The SMILES string of the molecule is Cc1cc(CC2(C(=O)O)CC2)no1. The first-order chi connectivity index (χ1) is 6.12. The highest BCUT2D eigenvalue weighted by molar-refractivity contribution is 5.78. The lowest BCUT2D eigenvalue weighted by Gasteiger charge is -2.04. The zero-order valence-corrected chi connectivity index (χ0v) is 7.41. The van der Waals surface area contributed by atoms with E-state index in [4.69, 9.17) is 9.63 Å². The maximum Gasteiger partial charge on any atom is 0.310 e. The van der Waals surface area contributed by atoms with Gasteiger partial charge in [-0.2, -0.15) is 0 Å². The Balaban J connectivity index is 2.10. The van der Waals surface area contributed by atoms with E-state index in [0.717, 1.165) is 24.3 Å². The molecule has 1 fully saturated rings. The Kier molecular flexibility index (Phi) is 1.65. The zero-order chi connectivity index (χ0) is 9.47. The molecule has 1 aliphatic rings. The number of carboxylic acids is 1. The average Bonchev–Trinajstić information content (AvgIpc) is 2.72. The summed E-state index contributed by atoms with van der Waals surface area (Å²) in [6.45, 7) is 1.80. The van der Waals surface area contributed by atoms with Crippen LogP contribution in [-0.2, 0) is 11.2 Å². The minimum absolute atomic E-state index is 0.500. The van der Waals surface area contributed by atoms with Gasteiger partial charge >= 0.3 is 5.97 Å². The van der Waals surface area contributed by atoms with Crippen molar-refractivity contribution in [3.8, 4) is 0 Å². The normalized spacial score (nSPS) is 18.5. The summed E-state index contributed by atoms with van der Waals surface area (Å²) in [5.74, 6) is 0.0179. The Bertz CT molecular complexity index is 338. The minimum Gasteiger partial charge on any atom is -0.481 e. The van der Waals surface area contributed by atoms with Gasteiger partial charge in [-0.15, -0.1) is 0 Å². The van der Waals surface area contributed by atoms with Crippen LogP contribution in [0.2, 0.25) is 0 Å². The number of aromatic nitrogens is 1. The Hall–Kier alpha value is -1.32. The molecule has 0 aromatic carbocycles. The topological polar surface area (TPSA) is 63.3 Å². The smallest absolute Gasteiger partial charge is 0.310 e. The third kappa shape index (κ3) is 1.43. The number of rotatable bonds is 3. The van der Waals surface area contributed by atoms with Crippen molar-refractivity contribution in [1.82, 2.24) is 5.16 Å². The fourth-order valence-corrected chi connectivity index (χ4v) is 1.47. The van der Waals surface area contributed by atoms with Crippen LogP contribution in [-0.4, -0.2) is 16.2 Å². The minimum atomic E-state index is -0.715. The van der Waals surface area contributed by atoms with Gasteiger partial charge in [0.2, 0.25) is 0 Å². The van der Waals surface area contributed by atoms with Crippen molar-refractivity contribution in [2.24, 2.45) is 5.41 Å². The first-order valence-electron chi connectivity index (χ1n) is 4.28. The van der Waals surface area contributed by atoms with Gasteiger partial charge in [0.05, 0.1) is 11.1 Å². The quantitative estimate of drug-likeness (QED) is 0.765. The molecule has 1 N–H and O–H groups in total. The van der Waals surface area contributed by atoms with E-state index >= 15 is 0 Å². The number of aliphatic carboxylic acids is 1. The summed E-state index contributed by atoms with van der Waals surface area (Å²) < 4.78 is 4.87. The first kappa shape index (κ1) is 8.29. The van der Waals surface area contributed by atoms with E-state index in [1.54, 1.807) is 13.0 Å². The highest BCUT2D eigenvalue weighted by Gasteiger charge is 2.50. The van der Waals surface area contributed by atoms with Crippen LogP contribution < -0.4 is 0 Å². The summed E-state index contributed by atoms with van der Waals surface area (Å²) in [7, 11) is 0. The molecule has 0 aliphatic heterocycles. The van der Waals surface area contributed by atoms with E-state index < -0.39 is 11.4 Å². The predicted octanol–water partition coefficient (Wildman–Crippen LogP) is 1.39. The molecule has 4 heteroatoms. The molecule has 4 nitrogen and oxygen atoms in total. The lowest BCUT2D eigenvalue weighted by atomic mass is 10.0. The summed E-state index contributed by atoms with van der Waals surface area (Å²) in [4.78, 5) is 10.8. The third-order valence-corrected chi connectivity index (χ3v) is 2.50. The van der Waals surface area contributed by atoms with Crippen molar-refractivity contribution in [2.45, 2.75) is 26.2 Å². The monoisotopic (exact) mass is 181 g/mol. The van der Waals surface area contributed by atoms with E-state index in [2.05, 4.69) is 5.16 Å². The second-order valence-corrected chi connectivity index (χ2v) is 3.69. The van der Waals surface area contributed by atoms with Gasteiger partial charge in [0, 0.05) is 12.5 Å². The second kappa shape index (κ2) is 2.58. The van der Waals surface area contributed by atoms with Crippen LogP contribution in [0.5, 0.6) is 0 Å². The largest absolute Gasteiger partial charge is 0.481 e. The van der Waals surface area contributed by atoms with Gasteiger partial charge in [-0.1, -0.05) is 5.16 Å². The third-order valence-electron chi connectivity index (χ3n) is 2.50. The van der Waals surface area contributed by atoms with Crippen molar-refractivity contribution in [1.29, 1.82) is 0 Å². The van der Waals surface area contributed by atoms with E-state index in [-0.39, 0.29) is 0 Å². The van der Waals surface area contributed by atoms with Crippen LogP contribution in [0.3, 0.4) is 0 Å². The molecule has 0 radical (unpaired) electrons. The number of hydrogen-bond acceptors (Lipinski definition) is 3. The highest BCUT2D eigenvalue weighted by atomic mass is 16.5. The maximum absolute atomic E-state index is 10.8. The summed E-state index contributed by atoms with van der Waals surface area (Å²) >= 11 is 0. The van der Waals surface area contributed by atoms with E-state index in [9.17, 15) is 4.79 Å². The number of hydrogen-bond donors (Lipinski definition) is 1. The van der Waals surface area contributed by atoms with Gasteiger partial charge in [0.25, 0.3) is 0 Å². The Morgan fingerprint density at radius 2 is 2.46 bits per heavy atom. The number of aryl methyl sites for hydroxylation is 1. The molecule has 0 bridgehead atoms. The molecule has 1 saturated carbocycles. The van der Waals surface area contributed by atoms with E-state index in [1.807, 2.05) is 0 Å². The molecule has 0 atom stereocenters. The number of nitrogens with zero attached hydrogens (tertiary/aromatic N) is 1. The molecule has 13 heavy (non-hydrogen) atoms. The summed E-state index contributed by atoms with van der Waals surface area (Å²) in [5.41, 5.74) is 0.209. The van der Waals surface area contributed by atoms with Crippen LogP contribution in [0.15, 0.2) is 10.6 Å². The molecule has 2 rings (SSSR count). The lowest BCUT2D eigenvalue weighted by Crippen LogP contribution is -2.17. The molecule has 0 amide bonds. The van der Waals surface area contributed by atoms with Crippen LogP contribution in [0, 0.1) is 12.3 Å². The van der Waals surface area contributed by atoms with Crippen molar-refractivity contribution in [3.05, 3.63) is 17.5 Å². The Morgan fingerprint density at radius 3 is 2.85 bits per heavy atom. The maximum atomic E-state index is 10.8. The van der Waals surface area contributed by atoms with Crippen LogP contribution in [0.25, 0.3) is 0 Å². The average molecular weight is 181 g/mol. The zero-order valence-electron chi connectivity index (χ0n) is 7.41. The molecule has 0 unspecified atom stereocenters. The van der Waals surface area contributed by atoms with Gasteiger partial charge in [-0.05, 0) is 19.8 Å². The summed E-state index contributed by atoms with van der Waals surface area (Å²) in [5, 5.41) is 12.7. The number of carboxylic acid groups (broad SMARTS) is 1. The summed E-state index contributed by atoms with van der Waals surface area (Å²) in [6, 6.07) is 1.79. The Labute approximate surface area is 75.5 Å². The molecule has 1 aliphatic carbocycles. The lowest BCUT2D eigenvalue weighted by molar-refractivity contribution is -0.143. The number of carbonyl (C=O) groups is 1. The fourth-order valence-electron chi connectivity index (χ4n) is 1.47. The van der Waals surface area contributed by atoms with Crippen molar-refractivity contribution in [2.75, 3.05) is 0 Å². The Morgan fingerprint density at radius 1 is 1.77 bits per heavy atom. The van der Waals surface area contributed by atoms with Gasteiger partial charge in [0.1, 0.15) is 5.76 Å². The molecular formula is C9H11NO3.